The Morgan fingerprint density at radius 2 is 2.22 bits per heavy atom. The summed E-state index contributed by atoms with van der Waals surface area (Å²) in [5.41, 5.74) is 4.85. The molecule has 1 aliphatic rings. The lowest BCUT2D eigenvalue weighted by Crippen LogP contribution is -2.34. The van der Waals surface area contributed by atoms with Crippen LogP contribution in [0.2, 0.25) is 0 Å². The molecule has 0 unspecified atom stereocenters. The molecule has 6 N–H and O–H groups in total. The maximum Gasteiger partial charge on any atom is 0.330 e. The van der Waals surface area contributed by atoms with Crippen molar-refractivity contribution in [2.75, 3.05) is 26.2 Å². The highest BCUT2D eigenvalue weighted by molar-refractivity contribution is 5.05. The van der Waals surface area contributed by atoms with Crippen molar-refractivity contribution in [1.29, 1.82) is 0 Å². The Balaban J connectivity index is 2.08. The van der Waals surface area contributed by atoms with E-state index in [9.17, 15) is 14.7 Å². The zero-order valence-electron chi connectivity index (χ0n) is 12.9. The quantitative estimate of drug-likeness (QED) is 0.336. The molecule has 23 heavy (non-hydrogen) atoms. The number of aromatic nitrogens is 2. The molecule has 0 aliphatic carbocycles. The molecule has 9 nitrogen and oxygen atoms in total. The molecule has 2 heterocycles. The summed E-state index contributed by atoms with van der Waals surface area (Å²) in [6, 6.07) is 0. The number of nitrogens with zero attached hydrogens (tertiary/aromatic N) is 1. The molecule has 0 radical (unpaired) electrons. The summed E-state index contributed by atoms with van der Waals surface area (Å²) >= 11 is 0. The van der Waals surface area contributed by atoms with Gasteiger partial charge in [0.2, 0.25) is 0 Å². The molecule has 1 fully saturated rings. The molecule has 1 aromatic rings. The highest BCUT2D eigenvalue weighted by Gasteiger charge is 2.35. The zero-order valence-corrected chi connectivity index (χ0v) is 12.9. The van der Waals surface area contributed by atoms with E-state index in [0.717, 1.165) is 13.0 Å². The number of ether oxygens (including phenoxy) is 1. The number of H-pyrrole nitrogens is 1. The molecule has 1 aliphatic heterocycles. The fraction of sp³-hybridized carbons (Fsp3) is 0.714. The standard InChI is InChI=1S/C14H24N4O5/c15-3-5-16-4-1-2-9-7-18(14(22)17-13(9)21)12-6-10(20)11(8-19)23-12/h7,10-12,16,19-20H,1-6,8,15H2,(H,17,21,22)/t10-,11+,12+/m0/s1. The van der Waals surface area contributed by atoms with Gasteiger partial charge in [0.25, 0.3) is 5.56 Å². The number of hydrogen-bond acceptors (Lipinski definition) is 7. The van der Waals surface area contributed by atoms with Crippen LogP contribution in [0.1, 0.15) is 24.6 Å². The summed E-state index contributed by atoms with van der Waals surface area (Å²) in [6.07, 6.45) is 0.646. The Hall–Kier alpha value is -1.52. The third-order valence-electron chi connectivity index (χ3n) is 3.86. The Morgan fingerprint density at radius 1 is 1.43 bits per heavy atom. The average molecular weight is 328 g/mol. The van der Waals surface area contributed by atoms with Gasteiger partial charge in [-0.05, 0) is 19.4 Å². The number of aliphatic hydroxyl groups is 2. The number of hydrogen-bond donors (Lipinski definition) is 5. The lowest BCUT2D eigenvalue weighted by Gasteiger charge is -2.15. The van der Waals surface area contributed by atoms with Crippen molar-refractivity contribution in [1.82, 2.24) is 14.9 Å². The van der Waals surface area contributed by atoms with E-state index >= 15 is 0 Å². The van der Waals surface area contributed by atoms with Crippen LogP contribution < -0.4 is 22.3 Å². The Labute approximate surface area is 133 Å². The van der Waals surface area contributed by atoms with E-state index in [-0.39, 0.29) is 13.0 Å². The van der Waals surface area contributed by atoms with Crippen molar-refractivity contribution in [2.45, 2.75) is 37.7 Å². The van der Waals surface area contributed by atoms with Gasteiger partial charge in [0.1, 0.15) is 12.3 Å². The van der Waals surface area contributed by atoms with Gasteiger partial charge in [0.15, 0.2) is 0 Å². The summed E-state index contributed by atoms with van der Waals surface area (Å²) in [6.45, 7) is 1.67. The summed E-state index contributed by atoms with van der Waals surface area (Å²) in [4.78, 5) is 26.1. The maximum atomic E-state index is 12.0. The first-order valence-corrected chi connectivity index (χ1v) is 7.76. The normalized spacial score (nSPS) is 24.2. The Bertz CT molecular complexity index is 614. The minimum atomic E-state index is -0.840. The predicted molar refractivity (Wildman–Crippen MR) is 83.2 cm³/mol. The molecule has 0 saturated carbocycles. The summed E-state index contributed by atoms with van der Waals surface area (Å²) in [5, 5.41) is 22.0. The molecule has 1 saturated heterocycles. The summed E-state index contributed by atoms with van der Waals surface area (Å²) in [5.74, 6) is 0. The number of aromatic amines is 1. The second-order valence-corrected chi connectivity index (χ2v) is 5.58. The molecule has 0 aromatic carbocycles. The van der Waals surface area contributed by atoms with Gasteiger partial charge in [-0.25, -0.2) is 4.79 Å². The fourth-order valence-electron chi connectivity index (χ4n) is 2.60. The van der Waals surface area contributed by atoms with Crippen molar-refractivity contribution in [2.24, 2.45) is 5.73 Å². The van der Waals surface area contributed by atoms with Crippen molar-refractivity contribution < 1.29 is 14.9 Å². The van der Waals surface area contributed by atoms with Crippen LogP contribution in [0.15, 0.2) is 15.8 Å². The second kappa shape index (κ2) is 8.37. The van der Waals surface area contributed by atoms with Gasteiger partial charge >= 0.3 is 5.69 Å². The third-order valence-corrected chi connectivity index (χ3v) is 3.86. The first-order valence-electron chi connectivity index (χ1n) is 7.76. The van der Waals surface area contributed by atoms with Crippen LogP contribution >= 0.6 is 0 Å². The second-order valence-electron chi connectivity index (χ2n) is 5.58. The minimum absolute atomic E-state index is 0.189. The van der Waals surface area contributed by atoms with Crippen molar-refractivity contribution in [3.8, 4) is 0 Å². The van der Waals surface area contributed by atoms with E-state index in [4.69, 9.17) is 15.6 Å². The molecule has 1 aromatic heterocycles. The maximum absolute atomic E-state index is 12.0. The molecule has 0 spiro atoms. The molecular formula is C14H24N4O5. The van der Waals surface area contributed by atoms with Crippen LogP contribution in [0, 0.1) is 0 Å². The van der Waals surface area contributed by atoms with E-state index in [2.05, 4.69) is 10.3 Å². The van der Waals surface area contributed by atoms with E-state index < -0.39 is 29.7 Å². The van der Waals surface area contributed by atoms with Crippen molar-refractivity contribution in [3.05, 3.63) is 32.6 Å². The monoisotopic (exact) mass is 328 g/mol. The Morgan fingerprint density at radius 3 is 2.87 bits per heavy atom. The van der Waals surface area contributed by atoms with Gasteiger partial charge in [0.05, 0.1) is 12.7 Å². The van der Waals surface area contributed by atoms with Gasteiger partial charge in [-0.3, -0.25) is 14.3 Å². The largest absolute Gasteiger partial charge is 0.394 e. The molecule has 0 bridgehead atoms. The molecule has 130 valence electrons. The van der Waals surface area contributed by atoms with Crippen LogP contribution in [0.25, 0.3) is 0 Å². The summed E-state index contributed by atoms with van der Waals surface area (Å²) < 4.78 is 6.72. The molecule has 9 heteroatoms. The molecule has 0 amide bonds. The van der Waals surface area contributed by atoms with E-state index in [1.807, 2.05) is 0 Å². The average Bonchev–Trinajstić information content (AvgIpc) is 2.89. The number of nitrogens with two attached hydrogens (primary N) is 1. The lowest BCUT2D eigenvalue weighted by molar-refractivity contribution is -0.0460. The fourth-order valence-corrected chi connectivity index (χ4v) is 2.60. The van der Waals surface area contributed by atoms with Crippen molar-refractivity contribution >= 4 is 0 Å². The van der Waals surface area contributed by atoms with Crippen LogP contribution in [0.3, 0.4) is 0 Å². The molecule has 2 rings (SSSR count). The van der Waals surface area contributed by atoms with Gasteiger partial charge in [-0.1, -0.05) is 0 Å². The first-order chi connectivity index (χ1) is 11.1. The zero-order chi connectivity index (χ0) is 16.8. The van der Waals surface area contributed by atoms with Crippen LogP contribution in [0.5, 0.6) is 0 Å². The van der Waals surface area contributed by atoms with Gasteiger partial charge in [0, 0.05) is 31.3 Å². The van der Waals surface area contributed by atoms with Crippen LogP contribution in [-0.2, 0) is 11.2 Å². The highest BCUT2D eigenvalue weighted by atomic mass is 16.5. The molecular weight excluding hydrogens is 304 g/mol. The highest BCUT2D eigenvalue weighted by Crippen LogP contribution is 2.27. The smallest absolute Gasteiger partial charge is 0.330 e. The van der Waals surface area contributed by atoms with Crippen LogP contribution in [-0.4, -0.2) is 58.2 Å². The number of rotatable bonds is 8. The number of aryl methyl sites for hydroxylation is 1. The van der Waals surface area contributed by atoms with Gasteiger partial charge in [-0.15, -0.1) is 0 Å². The first kappa shape index (κ1) is 17.8. The van der Waals surface area contributed by atoms with E-state index in [0.29, 0.717) is 25.1 Å². The SMILES string of the molecule is NCCNCCCc1cn([C@H]2C[C@H](O)[C@@H](CO)O2)c(=O)[nH]c1=O. The Kier molecular flexibility index (Phi) is 6.48. The van der Waals surface area contributed by atoms with Crippen LogP contribution in [0.4, 0.5) is 0 Å². The number of aliphatic hydroxyl groups excluding tert-OH is 2. The molecule has 3 atom stereocenters. The third kappa shape index (κ3) is 4.49. The minimum Gasteiger partial charge on any atom is -0.394 e. The lowest BCUT2D eigenvalue weighted by atomic mass is 10.1. The van der Waals surface area contributed by atoms with E-state index in [1.54, 1.807) is 0 Å². The van der Waals surface area contributed by atoms with Crippen molar-refractivity contribution in [3.63, 3.8) is 0 Å². The number of nitrogens with one attached hydrogen (secondary N) is 2. The topological polar surface area (TPSA) is 143 Å². The van der Waals surface area contributed by atoms with Gasteiger partial charge < -0.3 is 26.0 Å². The van der Waals surface area contributed by atoms with E-state index in [1.165, 1.54) is 10.8 Å². The summed E-state index contributed by atoms with van der Waals surface area (Å²) in [7, 11) is 0. The van der Waals surface area contributed by atoms with Gasteiger partial charge in [-0.2, -0.15) is 0 Å². The predicted octanol–water partition coefficient (Wildman–Crippen LogP) is -2.34.